The molecule has 4 rings (SSSR count). The van der Waals surface area contributed by atoms with Crippen molar-refractivity contribution in [1.82, 2.24) is 9.55 Å². The number of carbonyl (C=O) groups excluding carboxylic acids is 1. The first-order valence-corrected chi connectivity index (χ1v) is 11.1. The number of rotatable bonds is 5. The molecule has 1 aliphatic rings. The van der Waals surface area contributed by atoms with Gasteiger partial charge in [0, 0.05) is 29.1 Å². The molecule has 2 aromatic carbocycles. The summed E-state index contributed by atoms with van der Waals surface area (Å²) in [6.45, 7) is 1.75. The van der Waals surface area contributed by atoms with Crippen LogP contribution in [0.1, 0.15) is 19.3 Å². The number of hydrogen-bond acceptors (Lipinski definition) is 5. The van der Waals surface area contributed by atoms with Gasteiger partial charge in [-0.15, -0.1) is 11.8 Å². The third kappa shape index (κ3) is 4.29. The van der Waals surface area contributed by atoms with E-state index < -0.39 is 5.69 Å². The van der Waals surface area contributed by atoms with Crippen molar-refractivity contribution in [2.45, 2.75) is 30.7 Å². The van der Waals surface area contributed by atoms with Gasteiger partial charge in [-0.25, -0.2) is 4.79 Å². The Hall–Kier alpha value is -2.80. The van der Waals surface area contributed by atoms with Gasteiger partial charge >= 0.3 is 5.69 Å². The second-order valence-electron chi connectivity index (χ2n) is 7.15. The number of nitrogens with one attached hydrogen (secondary N) is 1. The van der Waals surface area contributed by atoms with E-state index in [-0.39, 0.29) is 12.5 Å². The van der Waals surface area contributed by atoms with E-state index in [0.717, 1.165) is 53.2 Å². The summed E-state index contributed by atoms with van der Waals surface area (Å²) in [5, 5.41) is 3.79. The van der Waals surface area contributed by atoms with Crippen LogP contribution >= 0.6 is 11.8 Å². The number of hydrogen-bond donors (Lipinski definition) is 1. The lowest BCUT2D eigenvalue weighted by molar-refractivity contribution is -0.116. The summed E-state index contributed by atoms with van der Waals surface area (Å²) in [5.41, 5.74) is 1.07. The second kappa shape index (κ2) is 8.69. The SMILES string of the molecule is CSc1cccc(NC(=O)Cn2c(=O)nc(N3CCCCC3)c3ccccc32)c1. The molecule has 0 radical (unpaired) electrons. The Morgan fingerprint density at radius 1 is 1.10 bits per heavy atom. The summed E-state index contributed by atoms with van der Waals surface area (Å²) in [6.07, 6.45) is 5.42. The molecule has 0 unspecified atom stereocenters. The zero-order chi connectivity index (χ0) is 20.2. The zero-order valence-corrected chi connectivity index (χ0v) is 17.2. The van der Waals surface area contributed by atoms with Crippen molar-refractivity contribution in [1.29, 1.82) is 0 Å². The molecule has 1 aromatic heterocycles. The van der Waals surface area contributed by atoms with Crippen LogP contribution in [-0.4, -0.2) is 34.8 Å². The minimum absolute atomic E-state index is 0.0733. The van der Waals surface area contributed by atoms with Crippen LogP contribution in [0.5, 0.6) is 0 Å². The predicted octanol–water partition coefficient (Wildman–Crippen LogP) is 3.75. The van der Waals surface area contributed by atoms with Crippen molar-refractivity contribution in [2.75, 3.05) is 29.6 Å². The Morgan fingerprint density at radius 2 is 1.90 bits per heavy atom. The first-order valence-electron chi connectivity index (χ1n) is 9.84. The zero-order valence-electron chi connectivity index (χ0n) is 16.4. The molecule has 150 valence electrons. The van der Waals surface area contributed by atoms with Crippen LogP contribution in [0.2, 0.25) is 0 Å². The standard InChI is InChI=1S/C22H24N4O2S/c1-29-17-9-7-8-16(14-17)23-20(27)15-26-19-11-4-3-10-18(19)21(24-22(26)28)25-12-5-2-6-13-25/h3-4,7-11,14H,2,5-6,12-13,15H2,1H3,(H,23,27). The van der Waals surface area contributed by atoms with Gasteiger partial charge in [-0.3, -0.25) is 9.36 Å². The molecule has 1 N–H and O–H groups in total. The summed E-state index contributed by atoms with van der Waals surface area (Å²) in [7, 11) is 0. The lowest BCUT2D eigenvalue weighted by Crippen LogP contribution is -2.35. The first-order chi connectivity index (χ1) is 14.2. The van der Waals surface area contributed by atoms with Crippen LogP contribution < -0.4 is 15.9 Å². The number of thioether (sulfide) groups is 1. The maximum Gasteiger partial charge on any atom is 0.350 e. The average Bonchev–Trinajstić information content (AvgIpc) is 2.76. The highest BCUT2D eigenvalue weighted by Crippen LogP contribution is 2.25. The van der Waals surface area contributed by atoms with Crippen LogP contribution in [-0.2, 0) is 11.3 Å². The van der Waals surface area contributed by atoms with Gasteiger partial charge in [-0.05, 0) is 55.9 Å². The smallest absolute Gasteiger partial charge is 0.350 e. The Balaban J connectivity index is 1.64. The Morgan fingerprint density at radius 3 is 2.69 bits per heavy atom. The lowest BCUT2D eigenvalue weighted by atomic mass is 10.1. The van der Waals surface area contributed by atoms with E-state index in [1.807, 2.05) is 54.8 Å². The molecule has 0 saturated carbocycles. The second-order valence-corrected chi connectivity index (χ2v) is 8.03. The van der Waals surface area contributed by atoms with Crippen LogP contribution in [0.15, 0.2) is 58.2 Å². The van der Waals surface area contributed by atoms with Crippen LogP contribution in [0.4, 0.5) is 11.5 Å². The van der Waals surface area contributed by atoms with E-state index in [1.54, 1.807) is 11.8 Å². The Labute approximate surface area is 173 Å². The number of amides is 1. The summed E-state index contributed by atoms with van der Waals surface area (Å²) in [5.74, 6) is 0.484. The maximum atomic E-state index is 12.8. The highest BCUT2D eigenvalue weighted by molar-refractivity contribution is 7.98. The van der Waals surface area contributed by atoms with Gasteiger partial charge in [-0.2, -0.15) is 4.98 Å². The van der Waals surface area contributed by atoms with Gasteiger partial charge in [0.1, 0.15) is 12.4 Å². The molecular weight excluding hydrogens is 384 g/mol. The number of fused-ring (bicyclic) bond motifs is 1. The van der Waals surface area contributed by atoms with Gasteiger partial charge in [-0.1, -0.05) is 18.2 Å². The molecule has 2 heterocycles. The average molecular weight is 409 g/mol. The molecule has 6 nitrogen and oxygen atoms in total. The van der Waals surface area contributed by atoms with Crippen molar-refractivity contribution in [3.05, 3.63) is 59.0 Å². The molecule has 0 bridgehead atoms. The summed E-state index contributed by atoms with van der Waals surface area (Å²) >= 11 is 1.61. The number of anilines is 2. The Bertz CT molecular complexity index is 1090. The fraction of sp³-hybridized carbons (Fsp3) is 0.318. The molecule has 7 heteroatoms. The van der Waals surface area contributed by atoms with Gasteiger partial charge in [0.15, 0.2) is 0 Å². The minimum Gasteiger partial charge on any atom is -0.356 e. The fourth-order valence-corrected chi connectivity index (χ4v) is 4.22. The van der Waals surface area contributed by atoms with Crippen LogP contribution in [0, 0.1) is 0 Å². The lowest BCUT2D eigenvalue weighted by Gasteiger charge is -2.28. The highest BCUT2D eigenvalue weighted by Gasteiger charge is 2.19. The van der Waals surface area contributed by atoms with E-state index >= 15 is 0 Å². The highest BCUT2D eigenvalue weighted by atomic mass is 32.2. The summed E-state index contributed by atoms with van der Waals surface area (Å²) in [6, 6.07) is 15.3. The van der Waals surface area contributed by atoms with Crippen molar-refractivity contribution in [2.24, 2.45) is 0 Å². The molecule has 0 aliphatic carbocycles. The van der Waals surface area contributed by atoms with Crippen molar-refractivity contribution in [3.8, 4) is 0 Å². The Kier molecular flexibility index (Phi) is 5.85. The van der Waals surface area contributed by atoms with E-state index in [0.29, 0.717) is 0 Å². The van der Waals surface area contributed by atoms with E-state index in [1.165, 1.54) is 11.0 Å². The molecule has 0 atom stereocenters. The predicted molar refractivity (Wildman–Crippen MR) is 119 cm³/mol. The van der Waals surface area contributed by atoms with E-state index in [9.17, 15) is 9.59 Å². The molecule has 1 aliphatic heterocycles. The van der Waals surface area contributed by atoms with Crippen LogP contribution in [0.3, 0.4) is 0 Å². The quantitative estimate of drug-likeness (QED) is 0.652. The first kappa shape index (κ1) is 19.5. The largest absolute Gasteiger partial charge is 0.356 e. The molecule has 1 amide bonds. The van der Waals surface area contributed by atoms with Gasteiger partial charge < -0.3 is 10.2 Å². The van der Waals surface area contributed by atoms with Crippen molar-refractivity contribution < 1.29 is 4.79 Å². The third-order valence-corrected chi connectivity index (χ3v) is 5.90. The van der Waals surface area contributed by atoms with Crippen molar-refractivity contribution >= 4 is 40.1 Å². The molecular formula is C22H24N4O2S. The number of piperidine rings is 1. The van der Waals surface area contributed by atoms with E-state index in [2.05, 4.69) is 15.2 Å². The number of benzene rings is 2. The minimum atomic E-state index is -0.391. The van der Waals surface area contributed by atoms with E-state index in [4.69, 9.17) is 0 Å². The monoisotopic (exact) mass is 408 g/mol. The summed E-state index contributed by atoms with van der Waals surface area (Å²) in [4.78, 5) is 33.1. The summed E-state index contributed by atoms with van der Waals surface area (Å²) < 4.78 is 1.45. The molecule has 1 fully saturated rings. The van der Waals surface area contributed by atoms with Gasteiger partial charge in [0.05, 0.1) is 5.52 Å². The number of aromatic nitrogens is 2. The topological polar surface area (TPSA) is 67.2 Å². The van der Waals surface area contributed by atoms with Gasteiger partial charge in [0.25, 0.3) is 0 Å². The van der Waals surface area contributed by atoms with Crippen LogP contribution in [0.25, 0.3) is 10.9 Å². The molecule has 0 spiro atoms. The third-order valence-electron chi connectivity index (χ3n) is 5.18. The maximum absolute atomic E-state index is 12.8. The molecule has 29 heavy (non-hydrogen) atoms. The number of carbonyl (C=O) groups is 1. The molecule has 1 saturated heterocycles. The normalized spacial score (nSPS) is 14.2. The fourth-order valence-electron chi connectivity index (χ4n) is 3.76. The molecule has 3 aromatic rings. The number of nitrogens with zero attached hydrogens (tertiary/aromatic N) is 3. The number of para-hydroxylation sites is 1. The van der Waals surface area contributed by atoms with Gasteiger partial charge in [0.2, 0.25) is 5.91 Å². The van der Waals surface area contributed by atoms with Crippen molar-refractivity contribution in [3.63, 3.8) is 0 Å².